The van der Waals surface area contributed by atoms with Crippen LogP contribution in [0.15, 0.2) is 18.2 Å². The number of benzene rings is 1. The summed E-state index contributed by atoms with van der Waals surface area (Å²) < 4.78 is 18.5. The highest BCUT2D eigenvalue weighted by atomic mass is 79.9. The predicted molar refractivity (Wildman–Crippen MR) is 68.9 cm³/mol. The molecule has 0 spiro atoms. The normalized spacial score (nSPS) is 12.9. The number of alkyl halides is 1. The van der Waals surface area contributed by atoms with E-state index in [1.54, 1.807) is 12.1 Å². The van der Waals surface area contributed by atoms with E-state index < -0.39 is 0 Å². The fourth-order valence-corrected chi connectivity index (χ4v) is 2.43. The number of methoxy groups -OCH3 is 1. The average Bonchev–Trinajstić information content (AvgIpc) is 2.25. The second-order valence-electron chi connectivity index (χ2n) is 4.37. The lowest BCUT2D eigenvalue weighted by molar-refractivity contribution is 0.385. The van der Waals surface area contributed by atoms with Gasteiger partial charge in [-0.2, -0.15) is 0 Å². The van der Waals surface area contributed by atoms with E-state index in [-0.39, 0.29) is 5.82 Å². The summed E-state index contributed by atoms with van der Waals surface area (Å²) in [6.07, 6.45) is 1.05. The molecule has 1 nitrogen and oxygen atoms in total. The maximum Gasteiger partial charge on any atom is 0.165 e. The Balaban J connectivity index is 2.89. The van der Waals surface area contributed by atoms with Gasteiger partial charge in [0.25, 0.3) is 0 Å². The number of ether oxygens (including phenoxy) is 1. The minimum Gasteiger partial charge on any atom is -0.494 e. The molecule has 0 radical (unpaired) electrons. The molecule has 1 rings (SSSR count). The Bertz CT molecular complexity index is 339. The Morgan fingerprint density at radius 1 is 1.38 bits per heavy atom. The zero-order valence-corrected chi connectivity index (χ0v) is 11.6. The molecular formula is C13H18BrFO. The third-order valence-electron chi connectivity index (χ3n) is 2.59. The van der Waals surface area contributed by atoms with E-state index in [2.05, 4.69) is 29.8 Å². The van der Waals surface area contributed by atoms with Gasteiger partial charge in [-0.1, -0.05) is 35.8 Å². The van der Waals surface area contributed by atoms with E-state index in [1.807, 2.05) is 6.07 Å². The quantitative estimate of drug-likeness (QED) is 0.732. The van der Waals surface area contributed by atoms with E-state index in [9.17, 15) is 4.39 Å². The highest BCUT2D eigenvalue weighted by Gasteiger charge is 2.14. The SMILES string of the molecule is COc1ccc(C(CBr)CC(C)C)cc1F. The van der Waals surface area contributed by atoms with Crippen molar-refractivity contribution >= 4 is 15.9 Å². The molecule has 0 amide bonds. The monoisotopic (exact) mass is 288 g/mol. The lowest BCUT2D eigenvalue weighted by Gasteiger charge is -2.17. The van der Waals surface area contributed by atoms with Crippen LogP contribution in [-0.2, 0) is 0 Å². The van der Waals surface area contributed by atoms with Crippen molar-refractivity contribution in [3.63, 3.8) is 0 Å². The summed E-state index contributed by atoms with van der Waals surface area (Å²) in [5.74, 6) is 0.990. The summed E-state index contributed by atoms with van der Waals surface area (Å²) in [4.78, 5) is 0. The first-order chi connectivity index (χ1) is 7.58. The van der Waals surface area contributed by atoms with Crippen molar-refractivity contribution in [2.45, 2.75) is 26.2 Å². The van der Waals surface area contributed by atoms with Gasteiger partial charge in [0.1, 0.15) is 0 Å². The molecule has 0 aromatic heterocycles. The van der Waals surface area contributed by atoms with E-state index >= 15 is 0 Å². The summed E-state index contributed by atoms with van der Waals surface area (Å²) in [7, 11) is 1.48. The van der Waals surface area contributed by atoms with Crippen LogP contribution in [0.2, 0.25) is 0 Å². The lowest BCUT2D eigenvalue weighted by atomic mass is 9.92. The Kier molecular flexibility index (Phi) is 5.26. The number of rotatable bonds is 5. The smallest absolute Gasteiger partial charge is 0.165 e. The molecule has 0 aliphatic carbocycles. The largest absolute Gasteiger partial charge is 0.494 e. The van der Waals surface area contributed by atoms with Crippen LogP contribution in [0.25, 0.3) is 0 Å². The highest BCUT2D eigenvalue weighted by molar-refractivity contribution is 9.09. The first-order valence-corrected chi connectivity index (χ1v) is 6.60. The zero-order valence-electron chi connectivity index (χ0n) is 9.97. The van der Waals surface area contributed by atoms with Gasteiger partial charge >= 0.3 is 0 Å². The van der Waals surface area contributed by atoms with Crippen LogP contribution in [0.4, 0.5) is 4.39 Å². The third-order valence-corrected chi connectivity index (χ3v) is 3.37. The summed E-state index contributed by atoms with van der Waals surface area (Å²) in [6.45, 7) is 4.35. The first-order valence-electron chi connectivity index (χ1n) is 5.47. The zero-order chi connectivity index (χ0) is 12.1. The van der Waals surface area contributed by atoms with Gasteiger partial charge in [0.15, 0.2) is 11.6 Å². The second-order valence-corrected chi connectivity index (χ2v) is 5.02. The molecular weight excluding hydrogens is 271 g/mol. The van der Waals surface area contributed by atoms with Crippen molar-refractivity contribution in [1.82, 2.24) is 0 Å². The van der Waals surface area contributed by atoms with Crippen LogP contribution >= 0.6 is 15.9 Å². The predicted octanol–water partition coefficient (Wildman–Crippen LogP) is 4.36. The fraction of sp³-hybridized carbons (Fsp3) is 0.538. The van der Waals surface area contributed by atoms with Crippen molar-refractivity contribution in [3.05, 3.63) is 29.6 Å². The Morgan fingerprint density at radius 2 is 2.06 bits per heavy atom. The van der Waals surface area contributed by atoms with Gasteiger partial charge in [-0.15, -0.1) is 0 Å². The van der Waals surface area contributed by atoms with Crippen molar-refractivity contribution in [2.24, 2.45) is 5.92 Å². The van der Waals surface area contributed by atoms with Gasteiger partial charge in [0, 0.05) is 5.33 Å². The molecule has 1 atom stereocenters. The molecule has 0 saturated heterocycles. The van der Waals surface area contributed by atoms with E-state index in [0.717, 1.165) is 17.3 Å². The van der Waals surface area contributed by atoms with Crippen LogP contribution < -0.4 is 4.74 Å². The van der Waals surface area contributed by atoms with Crippen LogP contribution in [0, 0.1) is 11.7 Å². The standard InChI is InChI=1S/C13H18BrFO/c1-9(2)6-11(8-14)10-4-5-13(16-3)12(15)7-10/h4-5,7,9,11H,6,8H2,1-3H3. The minimum atomic E-state index is -0.283. The average molecular weight is 289 g/mol. The maximum absolute atomic E-state index is 13.5. The molecule has 0 aliphatic rings. The summed E-state index contributed by atoms with van der Waals surface area (Å²) in [5, 5.41) is 0.858. The van der Waals surface area contributed by atoms with Crippen molar-refractivity contribution in [1.29, 1.82) is 0 Å². The van der Waals surface area contributed by atoms with Crippen LogP contribution in [0.5, 0.6) is 5.75 Å². The first kappa shape index (κ1) is 13.5. The summed E-state index contributed by atoms with van der Waals surface area (Å²) in [5.41, 5.74) is 1.03. The summed E-state index contributed by atoms with van der Waals surface area (Å²) in [6, 6.07) is 5.21. The molecule has 3 heteroatoms. The maximum atomic E-state index is 13.5. The fourth-order valence-electron chi connectivity index (χ4n) is 1.79. The molecule has 0 aliphatic heterocycles. The number of hydrogen-bond donors (Lipinski definition) is 0. The topological polar surface area (TPSA) is 9.23 Å². The minimum absolute atomic E-state index is 0.283. The number of halogens is 2. The van der Waals surface area contributed by atoms with E-state index in [0.29, 0.717) is 17.6 Å². The van der Waals surface area contributed by atoms with Gasteiger partial charge in [-0.25, -0.2) is 4.39 Å². The highest BCUT2D eigenvalue weighted by Crippen LogP contribution is 2.28. The molecule has 0 fully saturated rings. The molecule has 1 aromatic carbocycles. The lowest BCUT2D eigenvalue weighted by Crippen LogP contribution is -2.05. The molecule has 90 valence electrons. The van der Waals surface area contributed by atoms with Crippen molar-refractivity contribution in [2.75, 3.05) is 12.4 Å². The number of hydrogen-bond acceptors (Lipinski definition) is 1. The van der Waals surface area contributed by atoms with E-state index in [4.69, 9.17) is 4.74 Å². The molecule has 16 heavy (non-hydrogen) atoms. The van der Waals surface area contributed by atoms with Crippen molar-refractivity contribution in [3.8, 4) is 5.75 Å². The van der Waals surface area contributed by atoms with Gasteiger partial charge in [0.2, 0.25) is 0 Å². The van der Waals surface area contributed by atoms with Crippen molar-refractivity contribution < 1.29 is 9.13 Å². The Labute approximate surface area is 105 Å². The Morgan fingerprint density at radius 3 is 2.50 bits per heavy atom. The van der Waals surface area contributed by atoms with Crippen LogP contribution in [0.3, 0.4) is 0 Å². The Hall–Kier alpha value is -0.570. The summed E-state index contributed by atoms with van der Waals surface area (Å²) >= 11 is 3.49. The van der Waals surface area contributed by atoms with Crippen LogP contribution in [-0.4, -0.2) is 12.4 Å². The van der Waals surface area contributed by atoms with E-state index in [1.165, 1.54) is 7.11 Å². The van der Waals surface area contributed by atoms with Crippen LogP contribution in [0.1, 0.15) is 31.7 Å². The molecule has 1 unspecified atom stereocenters. The van der Waals surface area contributed by atoms with Gasteiger partial charge in [-0.05, 0) is 36.0 Å². The molecule has 0 saturated carbocycles. The molecule has 0 N–H and O–H groups in total. The second kappa shape index (κ2) is 6.24. The molecule has 1 aromatic rings. The van der Waals surface area contributed by atoms with Gasteiger partial charge in [-0.3, -0.25) is 0 Å². The third kappa shape index (κ3) is 3.48. The molecule has 0 bridgehead atoms. The van der Waals surface area contributed by atoms with Gasteiger partial charge in [0.05, 0.1) is 7.11 Å². The molecule has 0 heterocycles. The van der Waals surface area contributed by atoms with Gasteiger partial charge < -0.3 is 4.74 Å².